The van der Waals surface area contributed by atoms with E-state index in [1.54, 1.807) is 35.6 Å². The van der Waals surface area contributed by atoms with E-state index in [2.05, 4.69) is 26.4 Å². The van der Waals surface area contributed by atoms with Gasteiger partial charge < -0.3 is 0 Å². The van der Waals surface area contributed by atoms with Gasteiger partial charge in [-0.2, -0.15) is 11.3 Å². The van der Waals surface area contributed by atoms with E-state index in [1.807, 2.05) is 16.8 Å². The number of carbonyl (C=O) groups excluding carboxylic acids is 2. The molecule has 0 aliphatic carbocycles. The summed E-state index contributed by atoms with van der Waals surface area (Å²) >= 11 is 1.59. The van der Waals surface area contributed by atoms with E-state index in [0.717, 1.165) is 11.3 Å². The minimum Gasteiger partial charge on any atom is -0.273 e. The Labute approximate surface area is 141 Å². The summed E-state index contributed by atoms with van der Waals surface area (Å²) in [4.78, 5) is 23.7. The van der Waals surface area contributed by atoms with Gasteiger partial charge in [0.15, 0.2) is 0 Å². The summed E-state index contributed by atoms with van der Waals surface area (Å²) in [6, 6.07) is 8.66. The first-order valence-corrected chi connectivity index (χ1v) is 8.10. The van der Waals surface area contributed by atoms with Crippen molar-refractivity contribution in [2.45, 2.75) is 12.8 Å². The minimum absolute atomic E-state index is 0.236. The van der Waals surface area contributed by atoms with Crippen LogP contribution in [-0.4, -0.2) is 32.0 Å². The second-order valence-electron chi connectivity index (χ2n) is 4.94. The van der Waals surface area contributed by atoms with Crippen LogP contribution >= 0.6 is 11.3 Å². The highest BCUT2D eigenvalue weighted by Gasteiger charge is 2.08. The molecule has 24 heavy (non-hydrogen) atoms. The normalized spacial score (nSPS) is 10.3. The number of thiophene rings is 1. The maximum Gasteiger partial charge on any atom is 0.269 e. The van der Waals surface area contributed by atoms with Gasteiger partial charge in [-0.3, -0.25) is 20.4 Å². The molecule has 0 saturated carbocycles. The number of aromatic nitrogens is 4. The van der Waals surface area contributed by atoms with Gasteiger partial charge in [0, 0.05) is 12.0 Å². The maximum atomic E-state index is 12.0. The quantitative estimate of drug-likeness (QED) is 0.677. The molecule has 3 rings (SSSR count). The zero-order chi connectivity index (χ0) is 16.8. The first kappa shape index (κ1) is 15.8. The number of aryl methyl sites for hydroxylation is 1. The Morgan fingerprint density at radius 2 is 1.96 bits per heavy atom. The molecule has 0 bridgehead atoms. The van der Waals surface area contributed by atoms with Crippen LogP contribution in [0.25, 0.3) is 5.69 Å². The predicted molar refractivity (Wildman–Crippen MR) is 87.4 cm³/mol. The molecule has 3 aromatic rings. The van der Waals surface area contributed by atoms with Gasteiger partial charge in [-0.05, 0) is 63.5 Å². The van der Waals surface area contributed by atoms with Crippen LogP contribution < -0.4 is 10.9 Å². The van der Waals surface area contributed by atoms with E-state index in [4.69, 9.17) is 0 Å². The third-order valence-electron chi connectivity index (χ3n) is 3.28. The number of nitrogens with one attached hydrogen (secondary N) is 2. The van der Waals surface area contributed by atoms with E-state index in [-0.39, 0.29) is 11.8 Å². The van der Waals surface area contributed by atoms with Crippen molar-refractivity contribution in [1.82, 2.24) is 31.1 Å². The molecular formula is C15H14N6O2S. The average molecular weight is 342 g/mol. The number of amides is 2. The van der Waals surface area contributed by atoms with E-state index in [0.29, 0.717) is 18.4 Å². The van der Waals surface area contributed by atoms with E-state index < -0.39 is 0 Å². The van der Waals surface area contributed by atoms with Crippen molar-refractivity contribution in [3.8, 4) is 5.69 Å². The Bertz CT molecular complexity index is 799. The lowest BCUT2D eigenvalue weighted by molar-refractivity contribution is -0.121. The Kier molecular flexibility index (Phi) is 4.92. The zero-order valence-corrected chi connectivity index (χ0v) is 13.4. The van der Waals surface area contributed by atoms with E-state index in [1.165, 1.54) is 11.0 Å². The van der Waals surface area contributed by atoms with Crippen LogP contribution in [0.4, 0.5) is 0 Å². The number of nitrogens with zero attached hydrogens (tertiary/aromatic N) is 4. The van der Waals surface area contributed by atoms with Gasteiger partial charge in [0.25, 0.3) is 5.91 Å². The Morgan fingerprint density at radius 1 is 1.12 bits per heavy atom. The maximum absolute atomic E-state index is 12.0. The Hall–Kier alpha value is -3.07. The first-order chi connectivity index (χ1) is 11.7. The molecule has 0 unspecified atom stereocenters. The fraction of sp³-hybridized carbons (Fsp3) is 0.133. The van der Waals surface area contributed by atoms with Gasteiger partial charge in [0.1, 0.15) is 6.33 Å². The highest BCUT2D eigenvalue weighted by Crippen LogP contribution is 2.09. The summed E-state index contributed by atoms with van der Waals surface area (Å²) < 4.78 is 1.48. The average Bonchev–Trinajstić information content (AvgIpc) is 3.31. The number of hydrogen-bond donors (Lipinski definition) is 2. The highest BCUT2D eigenvalue weighted by molar-refractivity contribution is 7.07. The summed E-state index contributed by atoms with van der Waals surface area (Å²) in [5.74, 6) is -0.623. The van der Waals surface area contributed by atoms with Gasteiger partial charge in [-0.1, -0.05) is 0 Å². The van der Waals surface area contributed by atoms with Crippen LogP contribution in [-0.2, 0) is 11.2 Å². The number of benzene rings is 1. The highest BCUT2D eigenvalue weighted by atomic mass is 32.1. The molecule has 0 saturated heterocycles. The molecule has 122 valence electrons. The fourth-order valence-corrected chi connectivity index (χ4v) is 2.70. The molecular weight excluding hydrogens is 328 g/mol. The molecule has 8 nitrogen and oxygen atoms in total. The molecule has 0 spiro atoms. The zero-order valence-electron chi connectivity index (χ0n) is 12.5. The van der Waals surface area contributed by atoms with Gasteiger partial charge in [0.05, 0.1) is 5.69 Å². The number of carbonyl (C=O) groups is 2. The van der Waals surface area contributed by atoms with Crippen molar-refractivity contribution >= 4 is 23.2 Å². The second-order valence-corrected chi connectivity index (χ2v) is 5.72. The topological polar surface area (TPSA) is 102 Å². The molecule has 2 N–H and O–H groups in total. The van der Waals surface area contributed by atoms with Crippen molar-refractivity contribution in [2.24, 2.45) is 0 Å². The molecule has 0 fully saturated rings. The van der Waals surface area contributed by atoms with Crippen LogP contribution in [0.5, 0.6) is 0 Å². The summed E-state index contributed by atoms with van der Waals surface area (Å²) in [6.45, 7) is 0. The molecule has 0 atom stereocenters. The lowest BCUT2D eigenvalue weighted by Crippen LogP contribution is -2.41. The van der Waals surface area contributed by atoms with Gasteiger partial charge >= 0.3 is 0 Å². The van der Waals surface area contributed by atoms with Gasteiger partial charge in [0.2, 0.25) is 5.91 Å². The van der Waals surface area contributed by atoms with Crippen LogP contribution in [0.2, 0.25) is 0 Å². The second kappa shape index (κ2) is 7.47. The summed E-state index contributed by atoms with van der Waals surface area (Å²) in [5.41, 5.74) is 7.08. The number of rotatable bonds is 5. The number of tetrazole rings is 1. The molecule has 2 aromatic heterocycles. The van der Waals surface area contributed by atoms with Crippen molar-refractivity contribution in [2.75, 3.05) is 0 Å². The minimum atomic E-state index is -0.387. The van der Waals surface area contributed by atoms with Crippen molar-refractivity contribution < 1.29 is 9.59 Å². The van der Waals surface area contributed by atoms with Crippen LogP contribution in [0, 0.1) is 0 Å². The molecule has 2 heterocycles. The van der Waals surface area contributed by atoms with Crippen LogP contribution in [0.1, 0.15) is 22.3 Å². The molecule has 9 heteroatoms. The predicted octanol–water partition coefficient (Wildman–Crippen LogP) is 1.12. The smallest absolute Gasteiger partial charge is 0.269 e. The van der Waals surface area contributed by atoms with Gasteiger partial charge in [-0.15, -0.1) is 5.10 Å². The van der Waals surface area contributed by atoms with E-state index >= 15 is 0 Å². The lowest BCUT2D eigenvalue weighted by atomic mass is 10.2. The Balaban J connectivity index is 1.48. The third-order valence-corrected chi connectivity index (χ3v) is 4.01. The third kappa shape index (κ3) is 4.02. The molecule has 0 radical (unpaired) electrons. The van der Waals surface area contributed by atoms with Crippen molar-refractivity contribution in [3.63, 3.8) is 0 Å². The standard InChI is InChI=1S/C15H14N6O2S/c22-14(6-1-11-7-8-24-9-11)17-18-15(23)12-2-4-13(5-3-12)21-10-16-19-20-21/h2-5,7-10H,1,6H2,(H,17,22)(H,18,23). The van der Waals surface area contributed by atoms with Crippen molar-refractivity contribution in [3.05, 3.63) is 58.5 Å². The van der Waals surface area contributed by atoms with Gasteiger partial charge in [-0.25, -0.2) is 4.68 Å². The molecule has 0 aliphatic rings. The lowest BCUT2D eigenvalue weighted by Gasteiger charge is -2.07. The fourth-order valence-electron chi connectivity index (χ4n) is 2.00. The number of hydrogen-bond acceptors (Lipinski definition) is 6. The first-order valence-electron chi connectivity index (χ1n) is 7.16. The largest absolute Gasteiger partial charge is 0.273 e. The van der Waals surface area contributed by atoms with E-state index in [9.17, 15) is 9.59 Å². The summed E-state index contributed by atoms with van der Waals surface area (Å²) in [6.07, 6.45) is 2.42. The molecule has 1 aromatic carbocycles. The van der Waals surface area contributed by atoms with Crippen LogP contribution in [0.3, 0.4) is 0 Å². The molecule has 0 aliphatic heterocycles. The number of hydrazine groups is 1. The van der Waals surface area contributed by atoms with Crippen molar-refractivity contribution in [1.29, 1.82) is 0 Å². The summed E-state index contributed by atoms with van der Waals surface area (Å²) in [7, 11) is 0. The molecule has 2 amide bonds. The SMILES string of the molecule is O=C(CCc1ccsc1)NNC(=O)c1ccc(-n2cnnn2)cc1. The van der Waals surface area contributed by atoms with Crippen LogP contribution in [0.15, 0.2) is 47.4 Å². The monoisotopic (exact) mass is 342 g/mol. The Morgan fingerprint density at radius 3 is 2.62 bits per heavy atom. The summed E-state index contributed by atoms with van der Waals surface area (Å²) in [5, 5.41) is 14.8.